The first-order valence-electron chi connectivity index (χ1n) is 16.4. The Kier molecular flexibility index (Phi) is 13.6. The number of nitrogens with two attached hydrogens (primary N) is 1. The van der Waals surface area contributed by atoms with Crippen molar-refractivity contribution in [3.63, 3.8) is 0 Å². The molecule has 282 valence electrons. The molecule has 3 rings (SSSR count). The van der Waals surface area contributed by atoms with Gasteiger partial charge in [0.2, 0.25) is 0 Å². The predicted octanol–water partition coefficient (Wildman–Crippen LogP) is 4.82. The van der Waals surface area contributed by atoms with E-state index in [4.69, 9.17) is 25.1 Å². The molecule has 1 aromatic heterocycles. The second-order valence-corrected chi connectivity index (χ2v) is 14.1. The van der Waals surface area contributed by atoms with Gasteiger partial charge in [-0.25, -0.2) is 29.2 Å². The first-order valence-corrected chi connectivity index (χ1v) is 16.4. The Balaban J connectivity index is 2.19. The Morgan fingerprint density at radius 1 is 0.962 bits per heavy atom. The molecule has 14 nitrogen and oxygen atoms in total. The average Bonchev–Trinajstić information content (AvgIpc) is 3.42. The van der Waals surface area contributed by atoms with Crippen LogP contribution >= 0.6 is 0 Å². The molecule has 0 radical (unpaired) electrons. The zero-order valence-corrected chi connectivity index (χ0v) is 30.6. The van der Waals surface area contributed by atoms with E-state index in [0.29, 0.717) is 0 Å². The molecule has 0 aliphatic heterocycles. The van der Waals surface area contributed by atoms with E-state index < -0.39 is 71.2 Å². The molecule has 0 fully saturated rings. The highest BCUT2D eigenvalue weighted by Crippen LogP contribution is 2.40. The third-order valence-electron chi connectivity index (χ3n) is 7.40. The number of rotatable bonds is 12. The van der Waals surface area contributed by atoms with Crippen molar-refractivity contribution in [3.8, 4) is 11.3 Å². The standard InChI is InChI=1S/C36H46F2N6O8/c1-22(45)50-21-30(47)43(17-16-28(33(48)44(39)52-23(2)46)41-34(49)51-36(6,7)8)31(35(3,4)5)32-40-29(26-18-25(37)14-15-27(26)38)20-42(32)19-24-12-10-9-11-13-24/h9-15,18,20,28,31H,16-17,19,21,39H2,1-8H3,(H,41,49). The Bertz CT molecular complexity index is 1750. The molecule has 0 aliphatic carbocycles. The smallest absolute Gasteiger partial charge is 0.408 e. The van der Waals surface area contributed by atoms with Crippen LogP contribution in [0.5, 0.6) is 0 Å². The summed E-state index contributed by atoms with van der Waals surface area (Å²) in [6, 6.07) is 9.76. The van der Waals surface area contributed by atoms with Crippen LogP contribution in [0.4, 0.5) is 13.6 Å². The van der Waals surface area contributed by atoms with E-state index in [9.17, 15) is 28.4 Å². The summed E-state index contributed by atoms with van der Waals surface area (Å²) in [5.41, 5.74) is -0.991. The number of ether oxygens (including phenoxy) is 2. The van der Waals surface area contributed by atoms with Gasteiger partial charge in [-0.05, 0) is 56.4 Å². The molecule has 0 saturated heterocycles. The second kappa shape index (κ2) is 17.2. The van der Waals surface area contributed by atoms with Crippen molar-refractivity contribution in [1.82, 2.24) is 24.9 Å². The molecule has 0 saturated carbocycles. The van der Waals surface area contributed by atoms with Crippen LogP contribution in [0.3, 0.4) is 0 Å². The summed E-state index contributed by atoms with van der Waals surface area (Å²) < 4.78 is 41.6. The number of hydrogen-bond donors (Lipinski definition) is 2. The number of alkyl carbamates (subject to hydrolysis) is 1. The van der Waals surface area contributed by atoms with Gasteiger partial charge >= 0.3 is 18.0 Å². The van der Waals surface area contributed by atoms with E-state index in [2.05, 4.69) is 5.32 Å². The fourth-order valence-corrected chi connectivity index (χ4v) is 5.33. The number of carbonyl (C=O) groups is 5. The van der Waals surface area contributed by atoms with Gasteiger partial charge in [0.15, 0.2) is 6.61 Å². The Morgan fingerprint density at radius 3 is 2.19 bits per heavy atom. The van der Waals surface area contributed by atoms with E-state index in [0.717, 1.165) is 37.6 Å². The normalized spacial score (nSPS) is 12.7. The van der Waals surface area contributed by atoms with Crippen molar-refractivity contribution in [3.05, 3.63) is 77.8 Å². The maximum atomic E-state index is 15.1. The van der Waals surface area contributed by atoms with Gasteiger partial charge in [0.1, 0.15) is 29.1 Å². The van der Waals surface area contributed by atoms with Gasteiger partial charge in [-0.2, -0.15) is 0 Å². The Hall–Kier alpha value is -5.38. The number of esters is 1. The molecule has 0 bridgehead atoms. The van der Waals surface area contributed by atoms with Gasteiger partial charge < -0.3 is 29.1 Å². The summed E-state index contributed by atoms with van der Waals surface area (Å²) in [5.74, 6) is 1.18. The molecule has 2 atom stereocenters. The van der Waals surface area contributed by atoms with Crippen LogP contribution in [0.2, 0.25) is 0 Å². The lowest BCUT2D eigenvalue weighted by molar-refractivity contribution is -0.199. The molecule has 3 N–H and O–H groups in total. The van der Waals surface area contributed by atoms with Crippen molar-refractivity contribution in [2.45, 2.75) is 86.0 Å². The van der Waals surface area contributed by atoms with Crippen molar-refractivity contribution >= 4 is 29.8 Å². The summed E-state index contributed by atoms with van der Waals surface area (Å²) >= 11 is 0. The van der Waals surface area contributed by atoms with Gasteiger partial charge in [0, 0.05) is 38.7 Å². The van der Waals surface area contributed by atoms with Crippen LogP contribution in [0.15, 0.2) is 54.7 Å². The van der Waals surface area contributed by atoms with E-state index in [-0.39, 0.29) is 41.8 Å². The quantitative estimate of drug-likeness (QED) is 0.114. The number of amides is 3. The minimum Gasteiger partial charge on any atom is -0.456 e. The fraction of sp³-hybridized carbons (Fsp3) is 0.444. The molecule has 2 aromatic carbocycles. The lowest BCUT2D eigenvalue weighted by Gasteiger charge is -2.40. The van der Waals surface area contributed by atoms with Gasteiger partial charge in [0.25, 0.3) is 11.8 Å². The van der Waals surface area contributed by atoms with Crippen LogP contribution < -0.4 is 11.2 Å². The number of carbonyl (C=O) groups excluding carboxylic acids is 5. The Labute approximate surface area is 301 Å². The molecule has 0 aliphatic rings. The number of hydrogen-bond acceptors (Lipinski definition) is 10. The number of benzene rings is 2. The van der Waals surface area contributed by atoms with Gasteiger partial charge in [0.05, 0.1) is 11.7 Å². The lowest BCUT2D eigenvalue weighted by atomic mass is 9.84. The SMILES string of the molecule is CC(=O)OCC(=O)N(CCC(NC(=O)OC(C)(C)C)C(=O)N(N)OC(C)=O)C(c1nc(-c2cc(F)ccc2F)cn1Cc1ccccc1)C(C)(C)C. The molecule has 1 heterocycles. The van der Waals surface area contributed by atoms with Crippen molar-refractivity contribution in [2.24, 2.45) is 11.3 Å². The van der Waals surface area contributed by atoms with Crippen molar-refractivity contribution < 1.29 is 47.1 Å². The molecule has 52 heavy (non-hydrogen) atoms. The predicted molar refractivity (Wildman–Crippen MR) is 184 cm³/mol. The third-order valence-corrected chi connectivity index (χ3v) is 7.40. The van der Waals surface area contributed by atoms with Crippen LogP contribution in [0, 0.1) is 17.0 Å². The number of hydrazine groups is 1. The largest absolute Gasteiger partial charge is 0.456 e. The zero-order valence-electron chi connectivity index (χ0n) is 30.6. The molecule has 3 amide bonds. The van der Waals surface area contributed by atoms with E-state index in [1.807, 2.05) is 51.1 Å². The van der Waals surface area contributed by atoms with E-state index in [1.54, 1.807) is 31.5 Å². The summed E-state index contributed by atoms with van der Waals surface area (Å²) in [5, 5.41) is 2.60. The van der Waals surface area contributed by atoms with E-state index in [1.165, 1.54) is 4.90 Å². The highest BCUT2D eigenvalue weighted by atomic mass is 19.1. The second-order valence-electron chi connectivity index (χ2n) is 14.1. The molecular formula is C36H46F2N6O8. The summed E-state index contributed by atoms with van der Waals surface area (Å²) in [6.07, 6.45) is 0.249. The summed E-state index contributed by atoms with van der Waals surface area (Å²) in [7, 11) is 0. The highest BCUT2D eigenvalue weighted by molar-refractivity contribution is 5.86. The number of nitrogens with one attached hydrogen (secondary N) is 1. The molecular weight excluding hydrogens is 682 g/mol. The van der Waals surface area contributed by atoms with Crippen LogP contribution in [0.1, 0.15) is 79.2 Å². The molecule has 3 aromatic rings. The molecule has 0 spiro atoms. The first kappa shape index (κ1) is 41.0. The lowest BCUT2D eigenvalue weighted by Crippen LogP contribution is -2.54. The van der Waals surface area contributed by atoms with Crippen molar-refractivity contribution in [1.29, 1.82) is 0 Å². The van der Waals surface area contributed by atoms with E-state index >= 15 is 4.39 Å². The Morgan fingerprint density at radius 2 is 1.62 bits per heavy atom. The maximum absolute atomic E-state index is 15.1. The number of aromatic nitrogens is 2. The highest BCUT2D eigenvalue weighted by Gasteiger charge is 2.40. The van der Waals surface area contributed by atoms with Gasteiger partial charge in [-0.15, -0.1) is 0 Å². The third kappa shape index (κ3) is 11.9. The topological polar surface area (TPSA) is 175 Å². The minimum absolute atomic E-state index is 0.0874. The summed E-state index contributed by atoms with van der Waals surface area (Å²) in [6.45, 7) is 11.7. The van der Waals surface area contributed by atoms with Crippen LogP contribution in [-0.4, -0.2) is 74.3 Å². The monoisotopic (exact) mass is 728 g/mol. The number of imidazole rings is 1. The first-order chi connectivity index (χ1) is 24.2. The molecule has 16 heteroatoms. The van der Waals surface area contributed by atoms with Crippen molar-refractivity contribution in [2.75, 3.05) is 13.2 Å². The number of hydroxylamine groups is 1. The minimum atomic E-state index is -1.50. The maximum Gasteiger partial charge on any atom is 0.408 e. The average molecular weight is 729 g/mol. The van der Waals surface area contributed by atoms with Gasteiger partial charge in [-0.1, -0.05) is 56.3 Å². The fourth-order valence-electron chi connectivity index (χ4n) is 5.33. The zero-order chi connectivity index (χ0) is 39.0. The number of nitrogens with zero attached hydrogens (tertiary/aromatic N) is 4. The summed E-state index contributed by atoms with van der Waals surface area (Å²) in [4.78, 5) is 74.4. The van der Waals surface area contributed by atoms with Crippen LogP contribution in [-0.2, 0) is 40.0 Å². The van der Waals surface area contributed by atoms with Gasteiger partial charge in [-0.3, -0.25) is 14.4 Å². The number of halogens is 2. The van der Waals surface area contributed by atoms with Crippen LogP contribution in [0.25, 0.3) is 11.3 Å². The molecule has 2 unspecified atom stereocenters.